The molecule has 0 saturated heterocycles. The molecule has 1 aromatic heterocycles. The Hall–Kier alpha value is -2.73. The molecule has 0 radical (unpaired) electrons. The molecule has 4 aromatic rings. The van der Waals surface area contributed by atoms with Gasteiger partial charge in [0.15, 0.2) is 5.16 Å². The highest BCUT2D eigenvalue weighted by Crippen LogP contribution is 2.32. The van der Waals surface area contributed by atoms with Crippen molar-refractivity contribution in [1.29, 1.82) is 0 Å². The zero-order valence-electron chi connectivity index (χ0n) is 15.7. The van der Waals surface area contributed by atoms with E-state index in [-0.39, 0.29) is 11.7 Å². The Kier molecular flexibility index (Phi) is 6.43. The Labute approximate surface area is 188 Å². The second-order valence-corrected chi connectivity index (χ2v) is 8.24. The molecule has 4 rings (SSSR count). The van der Waals surface area contributed by atoms with E-state index in [0.717, 1.165) is 22.5 Å². The molecule has 0 spiro atoms. The Morgan fingerprint density at radius 1 is 0.900 bits per heavy atom. The average molecular weight is 454 g/mol. The van der Waals surface area contributed by atoms with Crippen molar-refractivity contribution in [1.82, 2.24) is 9.97 Å². The number of H-pyrrole nitrogens is 1. The first-order valence-corrected chi connectivity index (χ1v) is 10.9. The topological polar surface area (TPSA) is 57.8 Å². The molecule has 0 bridgehead atoms. The molecule has 7 heteroatoms. The van der Waals surface area contributed by atoms with Gasteiger partial charge in [-0.3, -0.25) is 4.79 Å². The molecule has 1 amide bonds. The Balaban J connectivity index is 1.52. The number of imidazole rings is 1. The van der Waals surface area contributed by atoms with Gasteiger partial charge >= 0.3 is 0 Å². The number of carbonyl (C=O) groups is 1. The molecule has 1 heterocycles. The zero-order chi connectivity index (χ0) is 20.9. The molecule has 30 heavy (non-hydrogen) atoms. The van der Waals surface area contributed by atoms with Crippen LogP contribution in [0.25, 0.3) is 22.5 Å². The van der Waals surface area contributed by atoms with Gasteiger partial charge in [0, 0.05) is 16.8 Å². The number of amides is 1. The third-order valence-electron chi connectivity index (χ3n) is 4.34. The van der Waals surface area contributed by atoms with Gasteiger partial charge in [-0.25, -0.2) is 4.98 Å². The fourth-order valence-electron chi connectivity index (χ4n) is 2.94. The fraction of sp³-hybridized carbons (Fsp3) is 0.0435. The molecule has 0 saturated carbocycles. The Morgan fingerprint density at radius 3 is 2.23 bits per heavy atom. The average Bonchev–Trinajstić information content (AvgIpc) is 3.21. The van der Waals surface area contributed by atoms with Crippen molar-refractivity contribution >= 4 is 46.6 Å². The molecule has 0 aliphatic carbocycles. The summed E-state index contributed by atoms with van der Waals surface area (Å²) < 4.78 is 0. The van der Waals surface area contributed by atoms with Gasteiger partial charge in [0.05, 0.1) is 27.2 Å². The second-order valence-electron chi connectivity index (χ2n) is 6.46. The predicted molar refractivity (Wildman–Crippen MR) is 125 cm³/mol. The predicted octanol–water partition coefficient (Wildman–Crippen LogP) is 6.78. The monoisotopic (exact) mass is 453 g/mol. The summed E-state index contributed by atoms with van der Waals surface area (Å²) in [5.74, 6) is 0.0493. The lowest BCUT2D eigenvalue weighted by Crippen LogP contribution is -2.14. The van der Waals surface area contributed by atoms with Gasteiger partial charge < -0.3 is 10.3 Å². The van der Waals surface area contributed by atoms with E-state index in [4.69, 9.17) is 28.2 Å². The number of nitrogens with zero attached hydrogens (tertiary/aromatic N) is 1. The van der Waals surface area contributed by atoms with Crippen LogP contribution in [0.1, 0.15) is 0 Å². The number of carbonyl (C=O) groups excluding carboxylic acids is 1. The van der Waals surface area contributed by atoms with Crippen LogP contribution in [0.2, 0.25) is 10.0 Å². The lowest BCUT2D eigenvalue weighted by molar-refractivity contribution is -0.113. The fourth-order valence-corrected chi connectivity index (χ4v) is 3.91. The third kappa shape index (κ3) is 4.87. The van der Waals surface area contributed by atoms with Crippen LogP contribution < -0.4 is 5.32 Å². The molecular weight excluding hydrogens is 437 g/mol. The highest BCUT2D eigenvalue weighted by atomic mass is 35.5. The maximum absolute atomic E-state index is 12.4. The maximum Gasteiger partial charge on any atom is 0.234 e. The Morgan fingerprint density at radius 2 is 1.57 bits per heavy atom. The molecule has 3 aromatic carbocycles. The zero-order valence-corrected chi connectivity index (χ0v) is 18.1. The molecule has 0 aliphatic heterocycles. The van der Waals surface area contributed by atoms with E-state index in [1.165, 1.54) is 11.8 Å². The minimum absolute atomic E-state index is 0.155. The maximum atomic E-state index is 12.4. The standard InChI is InChI=1S/C23H17Cl2N3OS/c24-18-12-11-17(13-19(18)25)26-20(29)14-30-23-27-21(15-7-3-1-4-8-15)22(28-23)16-9-5-2-6-10-16/h1-13H,14H2,(H,26,29)(H,27,28). The van der Waals surface area contributed by atoms with E-state index in [1.54, 1.807) is 18.2 Å². The smallest absolute Gasteiger partial charge is 0.234 e. The SMILES string of the molecule is O=C(CSc1nc(-c2ccccc2)c(-c2ccccc2)[nH]1)Nc1ccc(Cl)c(Cl)c1. The largest absolute Gasteiger partial charge is 0.332 e. The van der Waals surface area contributed by atoms with Gasteiger partial charge in [0.2, 0.25) is 5.91 Å². The summed E-state index contributed by atoms with van der Waals surface area (Å²) in [5, 5.41) is 4.34. The number of aromatic amines is 1. The number of hydrogen-bond donors (Lipinski definition) is 2. The van der Waals surface area contributed by atoms with Crippen LogP contribution >= 0.6 is 35.0 Å². The van der Waals surface area contributed by atoms with Crippen molar-refractivity contribution in [2.75, 3.05) is 11.1 Å². The number of thioether (sulfide) groups is 1. The minimum atomic E-state index is -0.155. The summed E-state index contributed by atoms with van der Waals surface area (Å²) in [4.78, 5) is 20.5. The van der Waals surface area contributed by atoms with E-state index in [1.807, 2.05) is 60.7 Å². The number of nitrogens with one attached hydrogen (secondary N) is 2. The normalized spacial score (nSPS) is 10.7. The van der Waals surface area contributed by atoms with Gasteiger partial charge in [0.25, 0.3) is 0 Å². The third-order valence-corrected chi connectivity index (χ3v) is 5.95. The van der Waals surface area contributed by atoms with E-state index >= 15 is 0 Å². The number of halogens is 2. The molecule has 0 aliphatic rings. The van der Waals surface area contributed by atoms with Crippen molar-refractivity contribution in [3.63, 3.8) is 0 Å². The van der Waals surface area contributed by atoms with Crippen LogP contribution in [0, 0.1) is 0 Å². The lowest BCUT2D eigenvalue weighted by atomic mass is 10.1. The van der Waals surface area contributed by atoms with E-state index in [2.05, 4.69) is 10.3 Å². The molecule has 0 unspecified atom stereocenters. The first-order valence-electron chi connectivity index (χ1n) is 9.19. The first kappa shape index (κ1) is 20.5. The number of benzene rings is 3. The number of hydrogen-bond acceptors (Lipinski definition) is 3. The van der Waals surface area contributed by atoms with Crippen LogP contribution in [0.4, 0.5) is 5.69 Å². The van der Waals surface area contributed by atoms with Crippen molar-refractivity contribution in [3.8, 4) is 22.5 Å². The van der Waals surface area contributed by atoms with Gasteiger partial charge in [-0.15, -0.1) is 0 Å². The minimum Gasteiger partial charge on any atom is -0.332 e. The van der Waals surface area contributed by atoms with Gasteiger partial charge in [-0.1, -0.05) is 95.6 Å². The van der Waals surface area contributed by atoms with Crippen LogP contribution in [-0.2, 0) is 4.79 Å². The van der Waals surface area contributed by atoms with E-state index in [0.29, 0.717) is 20.9 Å². The number of anilines is 1. The van der Waals surface area contributed by atoms with Crippen LogP contribution in [-0.4, -0.2) is 21.6 Å². The molecule has 2 N–H and O–H groups in total. The van der Waals surface area contributed by atoms with Crippen LogP contribution in [0.5, 0.6) is 0 Å². The van der Waals surface area contributed by atoms with Gasteiger partial charge in [-0.05, 0) is 18.2 Å². The van der Waals surface area contributed by atoms with Gasteiger partial charge in [-0.2, -0.15) is 0 Å². The molecule has 0 atom stereocenters. The summed E-state index contributed by atoms with van der Waals surface area (Å²) in [7, 11) is 0. The highest BCUT2D eigenvalue weighted by molar-refractivity contribution is 7.99. The van der Waals surface area contributed by atoms with E-state index in [9.17, 15) is 4.79 Å². The van der Waals surface area contributed by atoms with Crippen LogP contribution in [0.3, 0.4) is 0 Å². The summed E-state index contributed by atoms with van der Waals surface area (Å²) in [6.45, 7) is 0. The molecular formula is C23H17Cl2N3OS. The van der Waals surface area contributed by atoms with Crippen molar-refractivity contribution in [2.24, 2.45) is 0 Å². The molecule has 150 valence electrons. The van der Waals surface area contributed by atoms with Gasteiger partial charge in [0.1, 0.15) is 0 Å². The quantitative estimate of drug-likeness (QED) is 0.316. The van der Waals surface area contributed by atoms with Crippen molar-refractivity contribution in [3.05, 3.63) is 88.9 Å². The second kappa shape index (κ2) is 9.39. The van der Waals surface area contributed by atoms with Crippen LogP contribution in [0.15, 0.2) is 84.0 Å². The van der Waals surface area contributed by atoms with Crippen molar-refractivity contribution in [2.45, 2.75) is 5.16 Å². The lowest BCUT2D eigenvalue weighted by Gasteiger charge is -2.05. The van der Waals surface area contributed by atoms with E-state index < -0.39 is 0 Å². The Bertz CT molecular complexity index is 1110. The summed E-state index contributed by atoms with van der Waals surface area (Å²) >= 11 is 13.3. The summed E-state index contributed by atoms with van der Waals surface area (Å²) in [6.07, 6.45) is 0. The first-order chi connectivity index (χ1) is 14.6. The summed E-state index contributed by atoms with van der Waals surface area (Å²) in [6, 6.07) is 25.0. The molecule has 4 nitrogen and oxygen atoms in total. The summed E-state index contributed by atoms with van der Waals surface area (Å²) in [5.41, 5.74) is 4.43. The van der Waals surface area contributed by atoms with Crippen molar-refractivity contribution < 1.29 is 4.79 Å². The number of rotatable bonds is 6. The number of aromatic nitrogens is 2. The highest BCUT2D eigenvalue weighted by Gasteiger charge is 2.15. The molecule has 0 fully saturated rings.